The molecule has 0 aliphatic heterocycles. The average molecular weight is 327 g/mol. The maximum absolute atomic E-state index is 11.2. The van der Waals surface area contributed by atoms with E-state index in [1.165, 1.54) is 13.3 Å². The Hall–Kier alpha value is -1.27. The third-order valence-corrected chi connectivity index (χ3v) is 3.77. The number of hydrogen-bond acceptors (Lipinski definition) is 4. The summed E-state index contributed by atoms with van der Waals surface area (Å²) >= 11 is 5.04. The zero-order valence-electron chi connectivity index (χ0n) is 9.64. The van der Waals surface area contributed by atoms with Crippen LogP contribution in [0.25, 0.3) is 0 Å². The van der Waals surface area contributed by atoms with Gasteiger partial charge in [-0.1, -0.05) is 15.9 Å². The van der Waals surface area contributed by atoms with E-state index in [0.717, 1.165) is 15.2 Å². The molecule has 2 rings (SSSR count). The quantitative estimate of drug-likeness (QED) is 0.692. The van der Waals surface area contributed by atoms with Gasteiger partial charge in [-0.15, -0.1) is 11.8 Å². The van der Waals surface area contributed by atoms with Gasteiger partial charge >= 0.3 is 5.97 Å². The number of nitrogens with zero attached hydrogens (tertiary/aromatic N) is 1. The molecule has 0 fully saturated rings. The Bertz CT molecular complexity index is 539. The second kappa shape index (κ2) is 6.06. The molecule has 0 atom stereocenters. The maximum Gasteiger partial charge on any atom is 0.356 e. The number of imidazole rings is 1. The molecule has 4 nitrogen and oxygen atoms in total. The Kier molecular flexibility index (Phi) is 4.43. The summed E-state index contributed by atoms with van der Waals surface area (Å²) in [5.41, 5.74) is 0.379. The standard InChI is InChI=1S/C12H11BrN2O2S/c1-17-12(16)10-6-14-11(15-10)7-18-9-4-2-8(13)3-5-9/h2-6H,7H2,1H3,(H,14,15). The van der Waals surface area contributed by atoms with E-state index in [1.807, 2.05) is 24.3 Å². The third-order valence-electron chi connectivity index (χ3n) is 2.22. The molecule has 18 heavy (non-hydrogen) atoms. The molecular weight excluding hydrogens is 316 g/mol. The van der Waals surface area contributed by atoms with E-state index >= 15 is 0 Å². The van der Waals surface area contributed by atoms with Gasteiger partial charge in [0.1, 0.15) is 11.5 Å². The summed E-state index contributed by atoms with van der Waals surface area (Å²) in [5.74, 6) is 1.03. The van der Waals surface area contributed by atoms with Crippen LogP contribution in [0.3, 0.4) is 0 Å². The molecule has 94 valence electrons. The molecule has 0 radical (unpaired) electrons. The first-order valence-corrected chi connectivity index (χ1v) is 6.97. The molecule has 0 bridgehead atoms. The summed E-state index contributed by atoms with van der Waals surface area (Å²) in [5, 5.41) is 0. The summed E-state index contributed by atoms with van der Waals surface area (Å²) in [6, 6.07) is 8.03. The summed E-state index contributed by atoms with van der Waals surface area (Å²) in [7, 11) is 1.35. The number of ether oxygens (including phenoxy) is 1. The molecule has 1 N–H and O–H groups in total. The van der Waals surface area contributed by atoms with Crippen molar-refractivity contribution in [2.75, 3.05) is 7.11 Å². The molecular formula is C12H11BrN2O2S. The first-order valence-electron chi connectivity index (χ1n) is 5.19. The number of halogens is 1. The van der Waals surface area contributed by atoms with Crippen LogP contribution >= 0.6 is 27.7 Å². The fourth-order valence-corrected chi connectivity index (χ4v) is 2.37. The van der Waals surface area contributed by atoms with Gasteiger partial charge in [0, 0.05) is 9.37 Å². The summed E-state index contributed by atoms with van der Waals surface area (Å²) in [6.45, 7) is 0. The molecule has 0 saturated heterocycles. The van der Waals surface area contributed by atoms with Gasteiger partial charge in [-0.25, -0.2) is 9.78 Å². The highest BCUT2D eigenvalue weighted by molar-refractivity contribution is 9.10. The van der Waals surface area contributed by atoms with Crippen molar-refractivity contribution in [3.63, 3.8) is 0 Å². The molecule has 0 aliphatic rings. The minimum atomic E-state index is -0.401. The Morgan fingerprint density at radius 2 is 2.17 bits per heavy atom. The Morgan fingerprint density at radius 3 is 2.83 bits per heavy atom. The second-order valence-corrected chi connectivity index (χ2v) is 5.44. The molecule has 1 aromatic carbocycles. The molecule has 0 spiro atoms. The van der Waals surface area contributed by atoms with E-state index in [4.69, 9.17) is 0 Å². The van der Waals surface area contributed by atoms with E-state index in [-0.39, 0.29) is 0 Å². The molecule has 0 amide bonds. The highest BCUT2D eigenvalue weighted by atomic mass is 79.9. The van der Waals surface area contributed by atoms with Crippen molar-refractivity contribution in [1.82, 2.24) is 9.97 Å². The number of carbonyl (C=O) groups excluding carboxylic acids is 1. The predicted octanol–water partition coefficient (Wildman–Crippen LogP) is 3.25. The highest BCUT2D eigenvalue weighted by Gasteiger charge is 2.09. The number of aromatic nitrogens is 2. The number of methoxy groups -OCH3 is 1. The van der Waals surface area contributed by atoms with Gasteiger partial charge in [-0.05, 0) is 24.3 Å². The number of H-pyrrole nitrogens is 1. The van der Waals surface area contributed by atoms with Crippen molar-refractivity contribution < 1.29 is 9.53 Å². The SMILES string of the molecule is COC(=O)c1cnc(CSc2ccc(Br)cc2)[nH]1. The van der Waals surface area contributed by atoms with Crippen LogP contribution in [-0.4, -0.2) is 23.0 Å². The number of nitrogens with one attached hydrogen (secondary N) is 1. The van der Waals surface area contributed by atoms with Gasteiger partial charge in [0.15, 0.2) is 0 Å². The lowest BCUT2D eigenvalue weighted by molar-refractivity contribution is 0.0594. The van der Waals surface area contributed by atoms with Gasteiger partial charge in [0.2, 0.25) is 0 Å². The number of benzene rings is 1. The third kappa shape index (κ3) is 3.36. The minimum absolute atomic E-state index is 0.379. The average Bonchev–Trinajstić information content (AvgIpc) is 2.86. The zero-order chi connectivity index (χ0) is 13.0. The van der Waals surface area contributed by atoms with Crippen molar-refractivity contribution in [3.8, 4) is 0 Å². The summed E-state index contributed by atoms with van der Waals surface area (Å²) in [4.78, 5) is 19.4. The smallest absolute Gasteiger partial charge is 0.356 e. The number of aromatic amines is 1. The van der Waals surface area contributed by atoms with Crippen LogP contribution in [0.5, 0.6) is 0 Å². The van der Waals surface area contributed by atoms with Gasteiger partial charge in [-0.3, -0.25) is 0 Å². The van der Waals surface area contributed by atoms with Crippen molar-refractivity contribution in [1.29, 1.82) is 0 Å². The van der Waals surface area contributed by atoms with Crippen molar-refractivity contribution in [3.05, 3.63) is 46.5 Å². The maximum atomic E-state index is 11.2. The Morgan fingerprint density at radius 1 is 1.44 bits per heavy atom. The van der Waals surface area contributed by atoms with Crippen molar-refractivity contribution >= 4 is 33.7 Å². The van der Waals surface area contributed by atoms with Crippen molar-refractivity contribution in [2.24, 2.45) is 0 Å². The zero-order valence-corrected chi connectivity index (χ0v) is 12.0. The predicted molar refractivity (Wildman–Crippen MR) is 73.6 cm³/mol. The van der Waals surface area contributed by atoms with E-state index in [9.17, 15) is 4.79 Å². The van der Waals surface area contributed by atoms with Crippen LogP contribution in [0.4, 0.5) is 0 Å². The lowest BCUT2D eigenvalue weighted by Gasteiger charge is -1.99. The first kappa shape index (κ1) is 13.2. The lowest BCUT2D eigenvalue weighted by Crippen LogP contribution is -2.01. The largest absolute Gasteiger partial charge is 0.464 e. The minimum Gasteiger partial charge on any atom is -0.464 e. The fourth-order valence-electron chi connectivity index (χ4n) is 1.33. The van der Waals surface area contributed by atoms with Crippen LogP contribution < -0.4 is 0 Å². The topological polar surface area (TPSA) is 55.0 Å². The normalized spacial score (nSPS) is 10.3. The lowest BCUT2D eigenvalue weighted by atomic mass is 10.4. The molecule has 2 aromatic rings. The van der Waals surface area contributed by atoms with Gasteiger partial charge < -0.3 is 9.72 Å². The highest BCUT2D eigenvalue weighted by Crippen LogP contribution is 2.23. The van der Waals surface area contributed by atoms with E-state index in [0.29, 0.717) is 11.4 Å². The molecule has 6 heteroatoms. The number of esters is 1. The van der Waals surface area contributed by atoms with Gasteiger partial charge in [-0.2, -0.15) is 0 Å². The molecule has 0 aliphatic carbocycles. The number of rotatable bonds is 4. The van der Waals surface area contributed by atoms with Crippen LogP contribution in [0.1, 0.15) is 16.3 Å². The van der Waals surface area contributed by atoms with Gasteiger partial charge in [0.25, 0.3) is 0 Å². The fraction of sp³-hybridized carbons (Fsp3) is 0.167. The van der Waals surface area contributed by atoms with Crippen LogP contribution in [0, 0.1) is 0 Å². The Balaban J connectivity index is 1.96. The van der Waals surface area contributed by atoms with Crippen LogP contribution in [-0.2, 0) is 10.5 Å². The summed E-state index contributed by atoms with van der Waals surface area (Å²) in [6.07, 6.45) is 1.49. The number of thioether (sulfide) groups is 1. The second-order valence-electron chi connectivity index (χ2n) is 3.48. The van der Waals surface area contributed by atoms with Crippen LogP contribution in [0.15, 0.2) is 39.8 Å². The van der Waals surface area contributed by atoms with E-state index in [1.54, 1.807) is 11.8 Å². The Labute approximate surface area is 117 Å². The van der Waals surface area contributed by atoms with Crippen molar-refractivity contribution in [2.45, 2.75) is 10.6 Å². The van der Waals surface area contributed by atoms with Crippen LogP contribution in [0.2, 0.25) is 0 Å². The van der Waals surface area contributed by atoms with E-state index in [2.05, 4.69) is 30.6 Å². The monoisotopic (exact) mass is 326 g/mol. The van der Waals surface area contributed by atoms with Gasteiger partial charge in [0.05, 0.1) is 19.1 Å². The first-order chi connectivity index (χ1) is 8.69. The molecule has 0 saturated carbocycles. The molecule has 1 heterocycles. The number of carbonyl (C=O) groups is 1. The summed E-state index contributed by atoms with van der Waals surface area (Å²) < 4.78 is 5.66. The molecule has 1 aromatic heterocycles. The van der Waals surface area contributed by atoms with E-state index < -0.39 is 5.97 Å². The number of hydrogen-bond donors (Lipinski definition) is 1. The molecule has 0 unspecified atom stereocenters.